The van der Waals surface area contributed by atoms with Gasteiger partial charge in [0.25, 0.3) is 0 Å². The summed E-state index contributed by atoms with van der Waals surface area (Å²) in [5, 5.41) is 6.44. The molecule has 0 spiro atoms. The van der Waals surface area contributed by atoms with Gasteiger partial charge < -0.3 is 15.4 Å². The Kier molecular flexibility index (Phi) is 15.3. The summed E-state index contributed by atoms with van der Waals surface area (Å²) in [6.45, 7) is 8.49. The molecular weight excluding hydrogens is 422 g/mol. The van der Waals surface area contributed by atoms with Gasteiger partial charge in [0, 0.05) is 25.7 Å². The average Bonchev–Trinajstić information content (AvgIpc) is 2.39. The first kappa shape index (κ1) is 25.0. The first-order chi connectivity index (χ1) is 10.2. The Hall–Kier alpha value is -0.250. The van der Waals surface area contributed by atoms with Gasteiger partial charge in [0.05, 0.1) is 0 Å². The molecule has 2 N–H and O–H groups in total. The van der Waals surface area contributed by atoms with Crippen molar-refractivity contribution in [1.29, 1.82) is 0 Å². The van der Waals surface area contributed by atoms with E-state index in [9.17, 15) is 13.2 Å². The summed E-state index contributed by atoms with van der Waals surface area (Å²) in [6.07, 6.45) is -1.60. The minimum atomic E-state index is -4.26. The largest absolute Gasteiger partial charge is 0.411 e. The second kappa shape index (κ2) is 14.1. The number of aliphatic imine (C=N–C) groups is 1. The predicted octanol–water partition coefficient (Wildman–Crippen LogP) is 3.95. The molecule has 0 aliphatic carbocycles. The van der Waals surface area contributed by atoms with Crippen LogP contribution < -0.4 is 10.6 Å². The second-order valence-corrected chi connectivity index (χ2v) is 5.80. The van der Waals surface area contributed by atoms with Gasteiger partial charge >= 0.3 is 6.18 Å². The van der Waals surface area contributed by atoms with E-state index in [0.717, 1.165) is 19.4 Å². The fourth-order valence-corrected chi connectivity index (χ4v) is 1.75. The van der Waals surface area contributed by atoms with Crippen LogP contribution in [0.1, 0.15) is 47.0 Å². The van der Waals surface area contributed by atoms with Gasteiger partial charge in [-0.2, -0.15) is 13.2 Å². The maximum atomic E-state index is 11.9. The van der Waals surface area contributed by atoms with Crippen molar-refractivity contribution in [3.63, 3.8) is 0 Å². The standard InChI is InChI=1S/C15H30F3N3O.HI/c1-5-19-14(21-13(4)8-7-12(2)3)20-9-6-10-22-11-15(16,17)18;/h12-13H,5-11H2,1-4H3,(H2,19,20,21);1H. The van der Waals surface area contributed by atoms with Crippen LogP contribution in [0.3, 0.4) is 0 Å². The highest BCUT2D eigenvalue weighted by atomic mass is 127. The molecule has 0 saturated heterocycles. The van der Waals surface area contributed by atoms with E-state index in [1.165, 1.54) is 0 Å². The van der Waals surface area contributed by atoms with Crippen LogP contribution in [-0.2, 0) is 4.74 Å². The second-order valence-electron chi connectivity index (χ2n) is 5.80. The Balaban J connectivity index is 0. The van der Waals surface area contributed by atoms with Crippen LogP contribution in [-0.4, -0.2) is 44.5 Å². The van der Waals surface area contributed by atoms with Gasteiger partial charge in [-0.05, 0) is 39.0 Å². The highest BCUT2D eigenvalue weighted by Gasteiger charge is 2.27. The molecule has 140 valence electrons. The number of guanidine groups is 1. The molecule has 1 unspecified atom stereocenters. The van der Waals surface area contributed by atoms with Crippen molar-refractivity contribution >= 4 is 29.9 Å². The molecule has 8 heteroatoms. The van der Waals surface area contributed by atoms with Crippen LogP contribution in [0.15, 0.2) is 4.99 Å². The van der Waals surface area contributed by atoms with Gasteiger partial charge in [-0.25, -0.2) is 0 Å². The van der Waals surface area contributed by atoms with Crippen LogP contribution >= 0.6 is 24.0 Å². The number of rotatable bonds is 10. The molecule has 0 aromatic rings. The maximum Gasteiger partial charge on any atom is 0.411 e. The number of hydrogen-bond donors (Lipinski definition) is 2. The molecule has 0 aromatic carbocycles. The molecule has 4 nitrogen and oxygen atoms in total. The Morgan fingerprint density at radius 1 is 1.17 bits per heavy atom. The predicted molar refractivity (Wildman–Crippen MR) is 99.6 cm³/mol. The lowest BCUT2D eigenvalue weighted by Gasteiger charge is -2.18. The van der Waals surface area contributed by atoms with Gasteiger partial charge in [0.2, 0.25) is 0 Å². The summed E-state index contributed by atoms with van der Waals surface area (Å²) >= 11 is 0. The van der Waals surface area contributed by atoms with E-state index >= 15 is 0 Å². The van der Waals surface area contributed by atoms with Crippen LogP contribution in [0.25, 0.3) is 0 Å². The van der Waals surface area contributed by atoms with Gasteiger partial charge in [0.15, 0.2) is 5.96 Å². The highest BCUT2D eigenvalue weighted by molar-refractivity contribution is 14.0. The van der Waals surface area contributed by atoms with E-state index in [1.54, 1.807) is 0 Å². The van der Waals surface area contributed by atoms with Crippen LogP contribution in [0, 0.1) is 5.92 Å². The number of nitrogens with zero attached hydrogens (tertiary/aromatic N) is 1. The molecule has 0 aliphatic heterocycles. The van der Waals surface area contributed by atoms with Crippen molar-refractivity contribution in [2.45, 2.75) is 59.2 Å². The Bertz CT molecular complexity index is 313. The van der Waals surface area contributed by atoms with Crippen molar-refractivity contribution < 1.29 is 17.9 Å². The zero-order valence-corrected chi connectivity index (χ0v) is 16.8. The van der Waals surface area contributed by atoms with Gasteiger partial charge in [-0.15, -0.1) is 24.0 Å². The average molecular weight is 453 g/mol. The molecule has 23 heavy (non-hydrogen) atoms. The number of alkyl halides is 3. The number of halogens is 4. The van der Waals surface area contributed by atoms with E-state index in [2.05, 4.69) is 41.1 Å². The van der Waals surface area contributed by atoms with Crippen molar-refractivity contribution in [1.82, 2.24) is 10.6 Å². The fourth-order valence-electron chi connectivity index (χ4n) is 1.75. The van der Waals surface area contributed by atoms with Crippen molar-refractivity contribution in [3.8, 4) is 0 Å². The zero-order chi connectivity index (χ0) is 17.0. The van der Waals surface area contributed by atoms with Gasteiger partial charge in [-0.3, -0.25) is 4.99 Å². The van der Waals surface area contributed by atoms with Crippen LogP contribution in [0.5, 0.6) is 0 Å². The monoisotopic (exact) mass is 453 g/mol. The van der Waals surface area contributed by atoms with E-state index in [0.29, 0.717) is 30.9 Å². The van der Waals surface area contributed by atoms with E-state index in [1.807, 2.05) is 6.92 Å². The van der Waals surface area contributed by atoms with Crippen LogP contribution in [0.2, 0.25) is 0 Å². The molecule has 0 saturated carbocycles. The minimum absolute atomic E-state index is 0. The van der Waals surface area contributed by atoms with Crippen LogP contribution in [0.4, 0.5) is 13.2 Å². The minimum Gasteiger partial charge on any atom is -0.372 e. The molecule has 0 bridgehead atoms. The lowest BCUT2D eigenvalue weighted by molar-refractivity contribution is -0.173. The summed E-state index contributed by atoms with van der Waals surface area (Å²) in [7, 11) is 0. The van der Waals surface area contributed by atoms with E-state index in [-0.39, 0.29) is 30.6 Å². The third kappa shape index (κ3) is 17.9. The Morgan fingerprint density at radius 2 is 1.83 bits per heavy atom. The lowest BCUT2D eigenvalue weighted by Crippen LogP contribution is -2.42. The van der Waals surface area contributed by atoms with Gasteiger partial charge in [-0.1, -0.05) is 13.8 Å². The summed E-state index contributed by atoms with van der Waals surface area (Å²) < 4.78 is 40.2. The zero-order valence-electron chi connectivity index (χ0n) is 14.5. The summed E-state index contributed by atoms with van der Waals surface area (Å²) in [6, 6.07) is 0.307. The SMILES string of the molecule is CCNC(=NCCCOCC(F)(F)F)NC(C)CCC(C)C.I. The topological polar surface area (TPSA) is 45.7 Å². The lowest BCUT2D eigenvalue weighted by atomic mass is 10.0. The van der Waals surface area contributed by atoms with Gasteiger partial charge in [0.1, 0.15) is 6.61 Å². The molecule has 0 rings (SSSR count). The number of hydrogen-bond acceptors (Lipinski definition) is 2. The molecular formula is C15H31F3IN3O. The molecule has 0 radical (unpaired) electrons. The highest BCUT2D eigenvalue weighted by Crippen LogP contribution is 2.14. The summed E-state index contributed by atoms with van der Waals surface area (Å²) in [5.74, 6) is 1.36. The molecule has 0 fully saturated rings. The maximum absolute atomic E-state index is 11.9. The first-order valence-electron chi connectivity index (χ1n) is 7.94. The summed E-state index contributed by atoms with van der Waals surface area (Å²) in [4.78, 5) is 4.35. The summed E-state index contributed by atoms with van der Waals surface area (Å²) in [5.41, 5.74) is 0. The van der Waals surface area contributed by atoms with E-state index in [4.69, 9.17) is 0 Å². The van der Waals surface area contributed by atoms with Crippen molar-refractivity contribution in [3.05, 3.63) is 0 Å². The quantitative estimate of drug-likeness (QED) is 0.228. The van der Waals surface area contributed by atoms with E-state index < -0.39 is 12.8 Å². The third-order valence-corrected chi connectivity index (χ3v) is 2.89. The first-order valence-corrected chi connectivity index (χ1v) is 7.94. The normalized spacial score (nSPS) is 13.7. The molecule has 1 atom stereocenters. The Labute approximate surface area is 155 Å². The Morgan fingerprint density at radius 3 is 2.35 bits per heavy atom. The van der Waals surface area contributed by atoms with Crippen molar-refractivity contribution in [2.75, 3.05) is 26.3 Å². The smallest absolute Gasteiger partial charge is 0.372 e. The number of ether oxygens (including phenoxy) is 1. The van der Waals surface area contributed by atoms with Crippen molar-refractivity contribution in [2.24, 2.45) is 10.9 Å². The molecule has 0 heterocycles. The molecule has 0 amide bonds. The molecule has 0 aromatic heterocycles. The fraction of sp³-hybridized carbons (Fsp3) is 0.933. The third-order valence-electron chi connectivity index (χ3n) is 2.89. The number of nitrogens with one attached hydrogen (secondary N) is 2. The molecule has 0 aliphatic rings.